The SMILES string of the molecule is Oc1cccc(OC2CSC(c3ccc(OC4CCCCO4)cc3O)CO2)c1. The van der Waals surface area contributed by atoms with Gasteiger partial charge in [0.1, 0.15) is 23.0 Å². The summed E-state index contributed by atoms with van der Waals surface area (Å²) < 4.78 is 23.0. The van der Waals surface area contributed by atoms with Crippen LogP contribution in [-0.2, 0) is 9.47 Å². The topological polar surface area (TPSA) is 77.4 Å². The summed E-state index contributed by atoms with van der Waals surface area (Å²) in [5.74, 6) is 2.15. The summed E-state index contributed by atoms with van der Waals surface area (Å²) >= 11 is 1.67. The van der Waals surface area contributed by atoms with Crippen molar-refractivity contribution < 1.29 is 29.2 Å². The van der Waals surface area contributed by atoms with E-state index < -0.39 is 6.29 Å². The Bertz CT molecular complexity index is 784. The number of aromatic hydroxyl groups is 2. The molecule has 7 heteroatoms. The van der Waals surface area contributed by atoms with Crippen molar-refractivity contribution in [1.29, 1.82) is 0 Å². The number of thioether (sulfide) groups is 1. The monoisotopic (exact) mass is 404 g/mol. The van der Waals surface area contributed by atoms with Crippen LogP contribution in [0.2, 0.25) is 0 Å². The molecule has 6 nitrogen and oxygen atoms in total. The minimum Gasteiger partial charge on any atom is -0.508 e. The Kier molecular flexibility index (Phi) is 6.14. The summed E-state index contributed by atoms with van der Waals surface area (Å²) in [5.41, 5.74) is 0.817. The number of rotatable bonds is 5. The molecule has 2 aliphatic rings. The maximum Gasteiger partial charge on any atom is 0.209 e. The highest BCUT2D eigenvalue weighted by Crippen LogP contribution is 2.40. The van der Waals surface area contributed by atoms with E-state index in [-0.39, 0.29) is 23.0 Å². The first kappa shape index (κ1) is 19.2. The predicted molar refractivity (Wildman–Crippen MR) is 106 cm³/mol. The molecule has 2 saturated heterocycles. The van der Waals surface area contributed by atoms with E-state index in [0.717, 1.165) is 31.4 Å². The van der Waals surface area contributed by atoms with Crippen molar-refractivity contribution >= 4 is 11.8 Å². The van der Waals surface area contributed by atoms with Gasteiger partial charge in [-0.3, -0.25) is 0 Å². The third-order valence-electron chi connectivity index (χ3n) is 4.71. The number of benzene rings is 2. The normalized spacial score (nSPS) is 25.2. The Balaban J connectivity index is 1.32. The van der Waals surface area contributed by atoms with Crippen LogP contribution >= 0.6 is 11.8 Å². The largest absolute Gasteiger partial charge is 0.508 e. The van der Waals surface area contributed by atoms with Gasteiger partial charge in [-0.05, 0) is 31.0 Å². The van der Waals surface area contributed by atoms with Gasteiger partial charge in [-0.15, -0.1) is 11.8 Å². The maximum atomic E-state index is 10.5. The smallest absolute Gasteiger partial charge is 0.209 e. The maximum absolute atomic E-state index is 10.5. The standard InChI is InChI=1S/C21H24O6S/c22-14-4-3-5-15(10-14)27-21-13-28-19(12-25-21)17-8-7-16(11-18(17)23)26-20-6-1-2-9-24-20/h3-5,7-8,10-11,19-23H,1-2,6,9,12-13H2. The second-order valence-corrected chi connectivity index (χ2v) is 8.07. The molecule has 3 unspecified atom stereocenters. The first-order valence-corrected chi connectivity index (χ1v) is 10.5. The van der Waals surface area contributed by atoms with Crippen LogP contribution in [0.25, 0.3) is 0 Å². The van der Waals surface area contributed by atoms with Gasteiger partial charge in [0.2, 0.25) is 6.29 Å². The average molecular weight is 404 g/mol. The van der Waals surface area contributed by atoms with Crippen LogP contribution in [0.15, 0.2) is 42.5 Å². The summed E-state index contributed by atoms with van der Waals surface area (Å²) in [4.78, 5) is 0. The van der Waals surface area contributed by atoms with E-state index in [1.54, 1.807) is 42.1 Å². The van der Waals surface area contributed by atoms with Crippen molar-refractivity contribution in [1.82, 2.24) is 0 Å². The van der Waals surface area contributed by atoms with E-state index in [1.165, 1.54) is 0 Å². The molecule has 2 heterocycles. The van der Waals surface area contributed by atoms with Gasteiger partial charge in [-0.2, -0.15) is 0 Å². The van der Waals surface area contributed by atoms with Crippen molar-refractivity contribution in [3.63, 3.8) is 0 Å². The van der Waals surface area contributed by atoms with E-state index in [1.807, 2.05) is 12.1 Å². The molecule has 0 amide bonds. The highest BCUT2D eigenvalue weighted by atomic mass is 32.2. The van der Waals surface area contributed by atoms with Gasteiger partial charge < -0.3 is 29.2 Å². The van der Waals surface area contributed by atoms with Crippen LogP contribution in [0.3, 0.4) is 0 Å². The minimum absolute atomic E-state index is 0.0176. The van der Waals surface area contributed by atoms with E-state index in [9.17, 15) is 10.2 Å². The fourth-order valence-electron chi connectivity index (χ4n) is 3.27. The summed E-state index contributed by atoms with van der Waals surface area (Å²) in [6.07, 6.45) is 2.41. The summed E-state index contributed by atoms with van der Waals surface area (Å²) in [6.45, 7) is 1.14. The number of hydrogen-bond acceptors (Lipinski definition) is 7. The molecule has 0 bridgehead atoms. The number of phenols is 2. The molecule has 2 aliphatic heterocycles. The van der Waals surface area contributed by atoms with Crippen LogP contribution in [0.1, 0.15) is 30.1 Å². The first-order chi connectivity index (χ1) is 13.7. The van der Waals surface area contributed by atoms with Gasteiger partial charge in [0.15, 0.2) is 6.29 Å². The fourth-order valence-corrected chi connectivity index (χ4v) is 4.37. The Labute approximate surface area is 168 Å². The molecule has 2 N–H and O–H groups in total. The van der Waals surface area contributed by atoms with E-state index in [0.29, 0.717) is 23.9 Å². The Morgan fingerprint density at radius 3 is 2.50 bits per heavy atom. The fraction of sp³-hybridized carbons (Fsp3) is 0.429. The molecule has 0 saturated carbocycles. The number of hydrogen-bond donors (Lipinski definition) is 2. The molecule has 3 atom stereocenters. The molecule has 4 rings (SSSR count). The molecule has 2 aromatic carbocycles. The lowest BCUT2D eigenvalue weighted by Gasteiger charge is -2.29. The second kappa shape index (κ2) is 8.94. The van der Waals surface area contributed by atoms with Crippen LogP contribution in [0.5, 0.6) is 23.0 Å². The lowest BCUT2D eigenvalue weighted by molar-refractivity contribution is -0.105. The lowest BCUT2D eigenvalue weighted by Crippen LogP contribution is -2.30. The molecular weight excluding hydrogens is 380 g/mol. The van der Waals surface area contributed by atoms with E-state index in [2.05, 4.69) is 0 Å². The summed E-state index contributed by atoms with van der Waals surface area (Å²) in [6, 6.07) is 12.0. The third-order valence-corrected chi connectivity index (χ3v) is 5.96. The van der Waals surface area contributed by atoms with Crippen molar-refractivity contribution in [2.45, 2.75) is 37.1 Å². The van der Waals surface area contributed by atoms with Crippen LogP contribution in [0.4, 0.5) is 0 Å². The summed E-state index contributed by atoms with van der Waals surface area (Å²) in [5, 5.41) is 20.0. The number of ether oxygens (including phenoxy) is 4. The zero-order valence-electron chi connectivity index (χ0n) is 15.5. The average Bonchev–Trinajstić information content (AvgIpc) is 2.70. The quantitative estimate of drug-likeness (QED) is 0.773. The molecule has 0 radical (unpaired) electrons. The highest BCUT2D eigenvalue weighted by molar-refractivity contribution is 7.99. The van der Waals surface area contributed by atoms with Gasteiger partial charge in [0.05, 0.1) is 24.2 Å². The highest BCUT2D eigenvalue weighted by Gasteiger charge is 2.27. The molecule has 2 aromatic rings. The van der Waals surface area contributed by atoms with Gasteiger partial charge in [0.25, 0.3) is 0 Å². The predicted octanol–water partition coefficient (Wildman–Crippen LogP) is 4.21. The third kappa shape index (κ3) is 4.84. The van der Waals surface area contributed by atoms with E-state index >= 15 is 0 Å². The Morgan fingerprint density at radius 2 is 1.79 bits per heavy atom. The Hall–Kier alpha value is -2.09. The van der Waals surface area contributed by atoms with Gasteiger partial charge >= 0.3 is 0 Å². The lowest BCUT2D eigenvalue weighted by atomic mass is 10.1. The van der Waals surface area contributed by atoms with Crippen molar-refractivity contribution in [2.75, 3.05) is 19.0 Å². The van der Waals surface area contributed by atoms with Crippen molar-refractivity contribution in [3.8, 4) is 23.0 Å². The van der Waals surface area contributed by atoms with Crippen molar-refractivity contribution in [3.05, 3.63) is 48.0 Å². The first-order valence-electron chi connectivity index (χ1n) is 9.47. The van der Waals surface area contributed by atoms with Gasteiger partial charge in [0, 0.05) is 24.1 Å². The molecule has 2 fully saturated rings. The molecule has 0 aromatic heterocycles. The minimum atomic E-state index is -0.392. The zero-order valence-corrected chi connectivity index (χ0v) is 16.3. The van der Waals surface area contributed by atoms with E-state index in [4.69, 9.17) is 18.9 Å². The molecule has 0 spiro atoms. The van der Waals surface area contributed by atoms with Crippen molar-refractivity contribution in [2.24, 2.45) is 0 Å². The molecule has 0 aliphatic carbocycles. The Morgan fingerprint density at radius 1 is 0.929 bits per heavy atom. The molecular formula is C21H24O6S. The van der Waals surface area contributed by atoms with Gasteiger partial charge in [-0.25, -0.2) is 0 Å². The molecule has 28 heavy (non-hydrogen) atoms. The summed E-state index contributed by atoms with van der Waals surface area (Å²) in [7, 11) is 0. The van der Waals surface area contributed by atoms with Crippen LogP contribution in [0, 0.1) is 0 Å². The number of phenolic OH excluding ortho intramolecular Hbond substituents is 2. The molecule has 150 valence electrons. The zero-order chi connectivity index (χ0) is 19.3. The van der Waals surface area contributed by atoms with Gasteiger partial charge in [-0.1, -0.05) is 12.1 Å². The second-order valence-electron chi connectivity index (χ2n) is 6.83. The van der Waals surface area contributed by atoms with Crippen LogP contribution < -0.4 is 9.47 Å². The van der Waals surface area contributed by atoms with Crippen LogP contribution in [-0.4, -0.2) is 41.8 Å².